The minimum atomic E-state index is 0.200. The van der Waals surface area contributed by atoms with E-state index in [1.165, 1.54) is 75.4 Å². The van der Waals surface area contributed by atoms with Crippen LogP contribution in [0.3, 0.4) is 0 Å². The topological polar surface area (TPSA) is 6.48 Å². The van der Waals surface area contributed by atoms with Gasteiger partial charge in [0.2, 0.25) is 0 Å². The standard InChI is InChI=1S/C56H40N2S/c1-5-13-39(14-6-1)41-21-27-49(28-22-41)57(47-17-9-3-10-18-47)51-31-25-43-37-55-53(35-45(43)33-51)54-36-46-34-52(32-26-44(46)38-56(54)59-55)58(48-19-11-4-12-20-48)50-29-23-42(24-30-50)40-15-7-2-8-16-40/h1-29,31-38,50H,30H2. The first-order valence-corrected chi connectivity index (χ1v) is 21.2. The van der Waals surface area contributed by atoms with E-state index in [0.29, 0.717) is 0 Å². The highest BCUT2D eigenvalue weighted by molar-refractivity contribution is 7.26. The molecule has 0 bridgehead atoms. The third kappa shape index (κ3) is 6.66. The van der Waals surface area contributed by atoms with E-state index < -0.39 is 0 Å². The lowest BCUT2D eigenvalue weighted by Gasteiger charge is -2.33. The van der Waals surface area contributed by atoms with Gasteiger partial charge in [-0.25, -0.2) is 0 Å². The monoisotopic (exact) mass is 772 g/mol. The Morgan fingerprint density at radius 3 is 1.47 bits per heavy atom. The van der Waals surface area contributed by atoms with Crippen LogP contribution in [0, 0.1) is 0 Å². The van der Waals surface area contributed by atoms with Crippen molar-refractivity contribution in [1.29, 1.82) is 0 Å². The van der Waals surface area contributed by atoms with Gasteiger partial charge in [0.15, 0.2) is 0 Å². The number of rotatable bonds is 8. The number of hydrogen-bond acceptors (Lipinski definition) is 3. The second-order valence-electron chi connectivity index (χ2n) is 15.3. The molecule has 280 valence electrons. The molecule has 1 aliphatic carbocycles. The predicted octanol–water partition coefficient (Wildman–Crippen LogP) is 16.0. The van der Waals surface area contributed by atoms with Gasteiger partial charge in [-0.15, -0.1) is 11.3 Å². The molecule has 1 aliphatic rings. The number of anilines is 5. The number of allylic oxidation sites excluding steroid dienone is 2. The molecule has 1 unspecified atom stereocenters. The summed E-state index contributed by atoms with van der Waals surface area (Å²) in [5.74, 6) is 0. The number of fused-ring (bicyclic) bond motifs is 5. The molecule has 59 heavy (non-hydrogen) atoms. The molecule has 2 nitrogen and oxygen atoms in total. The Labute approximate surface area is 348 Å². The maximum Gasteiger partial charge on any atom is 0.0560 e. The van der Waals surface area contributed by atoms with Crippen LogP contribution < -0.4 is 9.80 Å². The van der Waals surface area contributed by atoms with Gasteiger partial charge < -0.3 is 9.80 Å². The van der Waals surface area contributed by atoms with Crippen molar-refractivity contribution in [2.45, 2.75) is 12.5 Å². The van der Waals surface area contributed by atoms with Crippen molar-refractivity contribution in [2.75, 3.05) is 9.80 Å². The van der Waals surface area contributed by atoms with Crippen LogP contribution in [0.2, 0.25) is 0 Å². The molecular weight excluding hydrogens is 733 g/mol. The summed E-state index contributed by atoms with van der Waals surface area (Å²) in [6, 6.07) is 75.3. The fourth-order valence-corrected chi connectivity index (χ4v) is 9.92. The van der Waals surface area contributed by atoms with Gasteiger partial charge in [0.25, 0.3) is 0 Å². The van der Waals surface area contributed by atoms with Crippen LogP contribution in [0.4, 0.5) is 28.4 Å². The number of hydrogen-bond donors (Lipinski definition) is 0. The molecule has 0 saturated carbocycles. The molecule has 11 rings (SSSR count). The van der Waals surface area contributed by atoms with Crippen molar-refractivity contribution < 1.29 is 0 Å². The van der Waals surface area contributed by atoms with Crippen LogP contribution in [0.1, 0.15) is 12.0 Å². The summed E-state index contributed by atoms with van der Waals surface area (Å²) in [5, 5.41) is 7.59. The molecule has 0 radical (unpaired) electrons. The molecule has 9 aromatic carbocycles. The maximum absolute atomic E-state index is 2.49. The number of para-hydroxylation sites is 2. The molecule has 0 amide bonds. The van der Waals surface area contributed by atoms with Gasteiger partial charge in [-0.3, -0.25) is 0 Å². The van der Waals surface area contributed by atoms with E-state index in [4.69, 9.17) is 0 Å². The van der Waals surface area contributed by atoms with Crippen molar-refractivity contribution >= 4 is 87.1 Å². The molecule has 3 heteroatoms. The van der Waals surface area contributed by atoms with Crippen LogP contribution >= 0.6 is 11.3 Å². The van der Waals surface area contributed by atoms with Gasteiger partial charge in [0, 0.05) is 48.6 Å². The zero-order chi connectivity index (χ0) is 39.1. The fraction of sp³-hybridized carbons (Fsp3) is 0.0357. The molecule has 0 saturated heterocycles. The fourth-order valence-electron chi connectivity index (χ4n) is 8.75. The summed E-state index contributed by atoms with van der Waals surface area (Å²) < 4.78 is 2.63. The molecule has 1 aromatic heterocycles. The lowest BCUT2D eigenvalue weighted by molar-refractivity contribution is 0.787. The zero-order valence-electron chi connectivity index (χ0n) is 32.4. The van der Waals surface area contributed by atoms with Crippen LogP contribution in [-0.2, 0) is 0 Å². The van der Waals surface area contributed by atoms with Crippen LogP contribution in [0.5, 0.6) is 0 Å². The molecule has 0 spiro atoms. The molecule has 0 N–H and O–H groups in total. The Morgan fingerprint density at radius 2 is 0.881 bits per heavy atom. The zero-order valence-corrected chi connectivity index (χ0v) is 33.3. The SMILES string of the molecule is C1=CC(N(c2ccccc2)c2ccc3cc4sc5cc6ccc(N(c7ccccc7)c7ccc(-c8ccccc8)cc7)cc6cc5c4cc3c2)CC=C1c1ccccc1. The lowest BCUT2D eigenvalue weighted by Crippen LogP contribution is -2.30. The van der Waals surface area contributed by atoms with Crippen molar-refractivity contribution in [3.63, 3.8) is 0 Å². The van der Waals surface area contributed by atoms with Crippen molar-refractivity contribution in [3.05, 3.63) is 230 Å². The summed E-state index contributed by atoms with van der Waals surface area (Å²) in [7, 11) is 0. The quantitative estimate of drug-likeness (QED) is 0.152. The van der Waals surface area contributed by atoms with Crippen molar-refractivity contribution in [2.24, 2.45) is 0 Å². The van der Waals surface area contributed by atoms with E-state index in [0.717, 1.165) is 23.5 Å². The molecular formula is C56H40N2S. The maximum atomic E-state index is 2.49. The highest BCUT2D eigenvalue weighted by atomic mass is 32.1. The van der Waals surface area contributed by atoms with Crippen molar-refractivity contribution in [3.8, 4) is 11.1 Å². The van der Waals surface area contributed by atoms with E-state index in [1.807, 2.05) is 11.3 Å². The Morgan fingerprint density at radius 1 is 0.390 bits per heavy atom. The third-order valence-electron chi connectivity index (χ3n) is 11.7. The second kappa shape index (κ2) is 14.9. The summed E-state index contributed by atoms with van der Waals surface area (Å²) >= 11 is 1.89. The highest BCUT2D eigenvalue weighted by Crippen LogP contribution is 2.43. The molecule has 0 fully saturated rings. The first kappa shape index (κ1) is 35.0. The van der Waals surface area contributed by atoms with Gasteiger partial charge in [-0.05, 0) is 135 Å². The van der Waals surface area contributed by atoms with Gasteiger partial charge in [0.1, 0.15) is 0 Å². The average Bonchev–Trinajstić information content (AvgIpc) is 3.65. The third-order valence-corrected chi connectivity index (χ3v) is 12.8. The summed E-state index contributed by atoms with van der Waals surface area (Å²) in [5.41, 5.74) is 10.7. The Bertz CT molecular complexity index is 3170. The van der Waals surface area contributed by atoms with Gasteiger partial charge in [0.05, 0.1) is 6.04 Å². The second-order valence-corrected chi connectivity index (χ2v) is 16.4. The van der Waals surface area contributed by atoms with Crippen LogP contribution in [0.15, 0.2) is 224 Å². The highest BCUT2D eigenvalue weighted by Gasteiger charge is 2.21. The van der Waals surface area contributed by atoms with E-state index in [2.05, 4.69) is 234 Å². The summed E-state index contributed by atoms with van der Waals surface area (Å²) in [6.07, 6.45) is 7.97. The van der Waals surface area contributed by atoms with E-state index >= 15 is 0 Å². The number of thiophene rings is 1. The average molecular weight is 773 g/mol. The molecule has 1 heterocycles. The Balaban J connectivity index is 0.979. The van der Waals surface area contributed by atoms with Crippen LogP contribution in [-0.4, -0.2) is 6.04 Å². The van der Waals surface area contributed by atoms with Gasteiger partial charge in [-0.1, -0.05) is 140 Å². The molecule has 10 aromatic rings. The summed E-state index contributed by atoms with van der Waals surface area (Å²) in [4.78, 5) is 4.85. The minimum absolute atomic E-state index is 0.200. The van der Waals surface area contributed by atoms with E-state index in [9.17, 15) is 0 Å². The van der Waals surface area contributed by atoms with Crippen molar-refractivity contribution in [1.82, 2.24) is 0 Å². The van der Waals surface area contributed by atoms with E-state index in [-0.39, 0.29) is 6.04 Å². The Hall–Kier alpha value is -7.20. The number of nitrogens with zero attached hydrogens (tertiary/aromatic N) is 2. The minimum Gasteiger partial charge on any atom is -0.334 e. The Kier molecular flexibility index (Phi) is 8.87. The number of benzene rings is 9. The normalized spacial score (nSPS) is 13.9. The predicted molar refractivity (Wildman–Crippen MR) is 255 cm³/mol. The van der Waals surface area contributed by atoms with E-state index in [1.54, 1.807) is 0 Å². The van der Waals surface area contributed by atoms with Gasteiger partial charge >= 0.3 is 0 Å². The largest absolute Gasteiger partial charge is 0.334 e. The molecule has 0 aliphatic heterocycles. The lowest BCUT2D eigenvalue weighted by atomic mass is 9.95. The smallest absolute Gasteiger partial charge is 0.0560 e. The van der Waals surface area contributed by atoms with Gasteiger partial charge in [-0.2, -0.15) is 0 Å². The first-order chi connectivity index (χ1) is 29.2. The molecule has 1 atom stereocenters. The van der Waals surface area contributed by atoms with Crippen LogP contribution in [0.25, 0.3) is 58.4 Å². The summed E-state index contributed by atoms with van der Waals surface area (Å²) in [6.45, 7) is 0. The first-order valence-electron chi connectivity index (χ1n) is 20.3.